The highest BCUT2D eigenvalue weighted by Gasteiger charge is 2.31. The van der Waals surface area contributed by atoms with Gasteiger partial charge in [0.1, 0.15) is 0 Å². The lowest BCUT2D eigenvalue weighted by molar-refractivity contribution is -0.149. The van der Waals surface area contributed by atoms with E-state index in [0.29, 0.717) is 6.42 Å². The minimum absolute atomic E-state index is 0.0976. The monoisotopic (exact) mass is 257 g/mol. The van der Waals surface area contributed by atoms with Crippen molar-refractivity contribution in [2.45, 2.75) is 58.7 Å². The van der Waals surface area contributed by atoms with Gasteiger partial charge in [0.15, 0.2) is 6.10 Å². The van der Waals surface area contributed by atoms with E-state index in [1.807, 2.05) is 0 Å². The third-order valence-corrected chi connectivity index (χ3v) is 3.96. The molecule has 1 rings (SSSR count). The number of nitrogens with zero attached hydrogens (tertiary/aromatic N) is 1. The first-order valence-corrected chi connectivity index (χ1v) is 7.21. The van der Waals surface area contributed by atoms with Crippen LogP contribution in [0.15, 0.2) is 0 Å². The van der Waals surface area contributed by atoms with Gasteiger partial charge in [-0.15, -0.1) is 0 Å². The highest BCUT2D eigenvalue weighted by atomic mass is 16.5. The van der Waals surface area contributed by atoms with E-state index in [1.165, 1.54) is 12.8 Å². The second-order valence-corrected chi connectivity index (χ2v) is 5.20. The number of carbonyl (C=O) groups is 1. The fourth-order valence-corrected chi connectivity index (χ4v) is 2.55. The van der Waals surface area contributed by atoms with E-state index in [-0.39, 0.29) is 6.10 Å². The number of carboxylic acid groups (broad SMARTS) is 1. The second kappa shape index (κ2) is 7.74. The zero-order valence-electron chi connectivity index (χ0n) is 11.9. The van der Waals surface area contributed by atoms with Crippen molar-refractivity contribution in [2.75, 3.05) is 19.6 Å². The molecule has 1 fully saturated rings. The summed E-state index contributed by atoms with van der Waals surface area (Å²) in [5.74, 6) is -0.0813. The summed E-state index contributed by atoms with van der Waals surface area (Å²) >= 11 is 0. The molecular weight excluding hydrogens is 230 g/mol. The Hall–Kier alpha value is -0.610. The smallest absolute Gasteiger partial charge is 0.332 e. The van der Waals surface area contributed by atoms with E-state index >= 15 is 0 Å². The number of hydrogen-bond acceptors (Lipinski definition) is 3. The van der Waals surface area contributed by atoms with Crippen LogP contribution < -0.4 is 0 Å². The molecule has 1 aliphatic rings. The topological polar surface area (TPSA) is 49.8 Å². The van der Waals surface area contributed by atoms with Gasteiger partial charge in [-0.1, -0.05) is 33.6 Å². The Kier molecular flexibility index (Phi) is 6.65. The molecule has 1 aliphatic heterocycles. The summed E-state index contributed by atoms with van der Waals surface area (Å²) in [6.07, 6.45) is 3.45. The Labute approximate surface area is 110 Å². The lowest BCUT2D eigenvalue weighted by atomic mass is 10.0. The average Bonchev–Trinajstić information content (AvgIpc) is 2.83. The molecular formula is C14H27NO3. The normalized spacial score (nSPS) is 24.1. The van der Waals surface area contributed by atoms with E-state index in [4.69, 9.17) is 9.84 Å². The number of likely N-dealkylation sites (N-methyl/N-ethyl adjacent to an activating group) is 1. The summed E-state index contributed by atoms with van der Waals surface area (Å²) in [7, 11) is 0. The minimum Gasteiger partial charge on any atom is -0.479 e. The quantitative estimate of drug-likeness (QED) is 0.725. The van der Waals surface area contributed by atoms with Gasteiger partial charge in [-0.2, -0.15) is 0 Å². The van der Waals surface area contributed by atoms with Gasteiger partial charge in [0, 0.05) is 13.1 Å². The van der Waals surface area contributed by atoms with Crippen LogP contribution in [0.3, 0.4) is 0 Å². The van der Waals surface area contributed by atoms with E-state index in [0.717, 1.165) is 32.0 Å². The Bertz CT molecular complexity index is 253. The van der Waals surface area contributed by atoms with Crippen LogP contribution in [0.2, 0.25) is 0 Å². The summed E-state index contributed by atoms with van der Waals surface area (Å²) in [6, 6.07) is 0. The molecule has 1 N–H and O–H groups in total. The Morgan fingerprint density at radius 2 is 2.00 bits per heavy atom. The predicted octanol–water partition coefficient (Wildman–Crippen LogP) is 2.38. The lowest BCUT2D eigenvalue weighted by Gasteiger charge is -2.27. The molecule has 0 spiro atoms. The van der Waals surface area contributed by atoms with Crippen LogP contribution in [0.5, 0.6) is 0 Å². The molecule has 18 heavy (non-hydrogen) atoms. The first-order chi connectivity index (χ1) is 8.60. The number of aliphatic carboxylic acids is 1. The van der Waals surface area contributed by atoms with Crippen LogP contribution >= 0.6 is 0 Å². The zero-order valence-corrected chi connectivity index (χ0v) is 11.9. The van der Waals surface area contributed by atoms with E-state index in [9.17, 15) is 4.79 Å². The van der Waals surface area contributed by atoms with Crippen molar-refractivity contribution in [1.29, 1.82) is 0 Å². The molecule has 1 heterocycles. The van der Waals surface area contributed by atoms with Gasteiger partial charge in [0.2, 0.25) is 0 Å². The van der Waals surface area contributed by atoms with Gasteiger partial charge < -0.3 is 14.7 Å². The molecule has 1 saturated heterocycles. The SMILES string of the molecule is CCC(CC)CN(CC)CC1CCC(C(=O)O)O1. The summed E-state index contributed by atoms with van der Waals surface area (Å²) in [6.45, 7) is 9.60. The molecule has 0 amide bonds. The first kappa shape index (κ1) is 15.4. The van der Waals surface area contributed by atoms with Crippen LogP contribution in [-0.4, -0.2) is 47.8 Å². The molecule has 2 unspecified atom stereocenters. The molecule has 4 nitrogen and oxygen atoms in total. The summed E-state index contributed by atoms with van der Waals surface area (Å²) in [4.78, 5) is 13.2. The highest BCUT2D eigenvalue weighted by Crippen LogP contribution is 2.21. The Balaban J connectivity index is 2.37. The maximum atomic E-state index is 10.8. The molecule has 0 radical (unpaired) electrons. The van der Waals surface area contributed by atoms with E-state index in [2.05, 4.69) is 25.7 Å². The number of carboxylic acids is 1. The molecule has 0 aromatic carbocycles. The molecule has 0 bridgehead atoms. The van der Waals surface area contributed by atoms with Crippen LogP contribution in [0.1, 0.15) is 46.5 Å². The van der Waals surface area contributed by atoms with Gasteiger partial charge in [-0.3, -0.25) is 0 Å². The van der Waals surface area contributed by atoms with Crippen molar-refractivity contribution < 1.29 is 14.6 Å². The minimum atomic E-state index is -0.819. The van der Waals surface area contributed by atoms with Gasteiger partial charge in [-0.05, 0) is 25.3 Å². The first-order valence-electron chi connectivity index (χ1n) is 7.21. The Morgan fingerprint density at radius 1 is 1.33 bits per heavy atom. The van der Waals surface area contributed by atoms with Gasteiger partial charge in [0.25, 0.3) is 0 Å². The second-order valence-electron chi connectivity index (χ2n) is 5.20. The van der Waals surface area contributed by atoms with Crippen molar-refractivity contribution in [2.24, 2.45) is 5.92 Å². The third kappa shape index (κ3) is 4.58. The molecule has 0 aromatic heterocycles. The molecule has 4 heteroatoms. The van der Waals surface area contributed by atoms with E-state index < -0.39 is 12.1 Å². The molecule has 2 atom stereocenters. The maximum absolute atomic E-state index is 10.8. The fraction of sp³-hybridized carbons (Fsp3) is 0.929. The molecule has 0 aliphatic carbocycles. The molecule has 106 valence electrons. The Morgan fingerprint density at radius 3 is 2.44 bits per heavy atom. The van der Waals surface area contributed by atoms with Crippen molar-refractivity contribution in [3.63, 3.8) is 0 Å². The van der Waals surface area contributed by atoms with Crippen molar-refractivity contribution in [3.05, 3.63) is 0 Å². The number of hydrogen-bond donors (Lipinski definition) is 1. The van der Waals surface area contributed by atoms with Crippen LogP contribution in [0.25, 0.3) is 0 Å². The van der Waals surface area contributed by atoms with Crippen molar-refractivity contribution >= 4 is 5.97 Å². The summed E-state index contributed by atoms with van der Waals surface area (Å²) in [5, 5.41) is 8.91. The zero-order chi connectivity index (χ0) is 13.5. The van der Waals surface area contributed by atoms with Gasteiger partial charge >= 0.3 is 5.97 Å². The highest BCUT2D eigenvalue weighted by molar-refractivity contribution is 5.72. The van der Waals surface area contributed by atoms with Crippen LogP contribution in [-0.2, 0) is 9.53 Å². The van der Waals surface area contributed by atoms with Gasteiger partial charge in [-0.25, -0.2) is 4.79 Å². The fourth-order valence-electron chi connectivity index (χ4n) is 2.55. The standard InChI is InChI=1S/C14H27NO3/c1-4-11(5-2)9-15(6-3)10-12-7-8-13(18-12)14(16)17/h11-13H,4-10H2,1-3H3,(H,16,17). The van der Waals surface area contributed by atoms with Crippen LogP contribution in [0, 0.1) is 5.92 Å². The van der Waals surface area contributed by atoms with Gasteiger partial charge in [0.05, 0.1) is 6.10 Å². The number of ether oxygens (including phenoxy) is 1. The summed E-state index contributed by atoms with van der Waals surface area (Å²) < 4.78 is 5.56. The number of rotatable bonds is 8. The largest absolute Gasteiger partial charge is 0.479 e. The lowest BCUT2D eigenvalue weighted by Crippen LogP contribution is -2.36. The van der Waals surface area contributed by atoms with Crippen molar-refractivity contribution in [3.8, 4) is 0 Å². The third-order valence-electron chi connectivity index (χ3n) is 3.96. The molecule has 0 saturated carbocycles. The maximum Gasteiger partial charge on any atom is 0.332 e. The van der Waals surface area contributed by atoms with Crippen molar-refractivity contribution in [1.82, 2.24) is 4.90 Å². The predicted molar refractivity (Wildman–Crippen MR) is 71.7 cm³/mol. The van der Waals surface area contributed by atoms with E-state index in [1.54, 1.807) is 0 Å². The summed E-state index contributed by atoms with van der Waals surface area (Å²) in [5.41, 5.74) is 0. The van der Waals surface area contributed by atoms with Crippen LogP contribution in [0.4, 0.5) is 0 Å². The average molecular weight is 257 g/mol. The molecule has 0 aromatic rings.